The maximum Gasteiger partial charge on any atom is 0.208 e. The van der Waals surface area contributed by atoms with Crippen molar-refractivity contribution in [1.29, 1.82) is 0 Å². The first-order valence-electron chi connectivity index (χ1n) is 6.11. The monoisotopic (exact) mass is 311 g/mol. The van der Waals surface area contributed by atoms with Gasteiger partial charge in [0.05, 0.1) is 12.4 Å². The Morgan fingerprint density at radius 3 is 2.45 bits per heavy atom. The van der Waals surface area contributed by atoms with Crippen LogP contribution in [-0.2, 0) is 14.8 Å². The van der Waals surface area contributed by atoms with Crippen LogP contribution in [-0.4, -0.2) is 28.3 Å². The summed E-state index contributed by atoms with van der Waals surface area (Å²) in [6, 6.07) is 12.1. The van der Waals surface area contributed by atoms with Crippen LogP contribution in [0.5, 0.6) is 0 Å². The summed E-state index contributed by atoms with van der Waals surface area (Å²) in [4.78, 5) is 1.21. The summed E-state index contributed by atoms with van der Waals surface area (Å²) in [7, 11) is -1.64. The van der Waals surface area contributed by atoms with Crippen molar-refractivity contribution in [2.75, 3.05) is 19.9 Å². The van der Waals surface area contributed by atoms with Gasteiger partial charge in [0.25, 0.3) is 0 Å². The first kappa shape index (κ1) is 15.2. The van der Waals surface area contributed by atoms with Crippen LogP contribution in [0.25, 0.3) is 10.4 Å². The predicted octanol–water partition coefficient (Wildman–Crippen LogP) is 2.65. The molecule has 0 aliphatic carbocycles. The lowest BCUT2D eigenvalue weighted by atomic mass is 10.1. The van der Waals surface area contributed by atoms with Crippen molar-refractivity contribution in [2.45, 2.75) is 6.10 Å². The zero-order valence-electron chi connectivity index (χ0n) is 11.4. The fraction of sp³-hybridized carbons (Fsp3) is 0.286. The van der Waals surface area contributed by atoms with Crippen molar-refractivity contribution in [3.63, 3.8) is 0 Å². The quantitative estimate of drug-likeness (QED) is 0.892. The van der Waals surface area contributed by atoms with Gasteiger partial charge >= 0.3 is 0 Å². The van der Waals surface area contributed by atoms with E-state index in [0.29, 0.717) is 0 Å². The number of rotatable bonds is 6. The van der Waals surface area contributed by atoms with Crippen LogP contribution in [0.2, 0.25) is 0 Å². The maximum atomic E-state index is 11.1. The van der Waals surface area contributed by atoms with E-state index in [0.717, 1.165) is 17.4 Å². The van der Waals surface area contributed by atoms with Crippen molar-refractivity contribution in [2.24, 2.45) is 0 Å². The molecule has 0 aliphatic heterocycles. The van der Waals surface area contributed by atoms with Gasteiger partial charge in [-0.15, -0.1) is 11.3 Å². The number of methoxy groups -OCH3 is 1. The molecule has 1 N–H and O–H groups in total. The van der Waals surface area contributed by atoms with Crippen LogP contribution in [0.15, 0.2) is 41.8 Å². The van der Waals surface area contributed by atoms with Crippen LogP contribution >= 0.6 is 11.3 Å². The standard InChI is InChI=1S/C14H17NO3S2/c1-18-13(10-15-20(2,16)17)11-5-7-12(8-6-11)14-4-3-9-19-14/h3-9,13,15H,10H2,1-2H3. The van der Waals surface area contributed by atoms with Gasteiger partial charge in [-0.2, -0.15) is 0 Å². The van der Waals surface area contributed by atoms with E-state index in [1.165, 1.54) is 4.88 Å². The van der Waals surface area contributed by atoms with E-state index >= 15 is 0 Å². The maximum absolute atomic E-state index is 11.1. The second-order valence-electron chi connectivity index (χ2n) is 4.44. The lowest BCUT2D eigenvalue weighted by Gasteiger charge is -2.16. The highest BCUT2D eigenvalue weighted by Crippen LogP contribution is 2.26. The molecule has 2 aromatic rings. The molecule has 108 valence electrons. The number of nitrogens with one attached hydrogen (secondary N) is 1. The smallest absolute Gasteiger partial charge is 0.208 e. The summed E-state index contributed by atoms with van der Waals surface area (Å²) in [6.07, 6.45) is 0.849. The van der Waals surface area contributed by atoms with Crippen molar-refractivity contribution < 1.29 is 13.2 Å². The van der Waals surface area contributed by atoms with Gasteiger partial charge in [0, 0.05) is 18.5 Å². The second-order valence-corrected chi connectivity index (χ2v) is 7.22. The number of hydrogen-bond donors (Lipinski definition) is 1. The third kappa shape index (κ3) is 4.14. The van der Waals surface area contributed by atoms with E-state index in [2.05, 4.69) is 10.8 Å². The normalized spacial score (nSPS) is 13.3. The molecule has 1 aromatic heterocycles. The molecular formula is C14H17NO3S2. The number of ether oxygens (including phenoxy) is 1. The Hall–Kier alpha value is -1.21. The highest BCUT2D eigenvalue weighted by atomic mass is 32.2. The van der Waals surface area contributed by atoms with E-state index in [9.17, 15) is 8.42 Å². The molecule has 0 saturated carbocycles. The van der Waals surface area contributed by atoms with Gasteiger partial charge in [-0.25, -0.2) is 13.1 Å². The molecule has 0 amide bonds. The Morgan fingerprint density at radius 2 is 1.95 bits per heavy atom. The van der Waals surface area contributed by atoms with E-state index < -0.39 is 10.0 Å². The van der Waals surface area contributed by atoms with E-state index in [4.69, 9.17) is 4.74 Å². The van der Waals surface area contributed by atoms with Crippen LogP contribution < -0.4 is 4.72 Å². The van der Waals surface area contributed by atoms with Gasteiger partial charge in [0.1, 0.15) is 0 Å². The Bertz CT molecular complexity index is 634. The lowest BCUT2D eigenvalue weighted by molar-refractivity contribution is 0.107. The average Bonchev–Trinajstić information content (AvgIpc) is 2.93. The molecule has 0 saturated heterocycles. The minimum absolute atomic E-state index is 0.230. The van der Waals surface area contributed by atoms with E-state index in [1.54, 1.807) is 18.4 Å². The summed E-state index contributed by atoms with van der Waals surface area (Å²) in [5, 5.41) is 2.04. The van der Waals surface area contributed by atoms with Gasteiger partial charge in [-0.05, 0) is 22.6 Å². The molecule has 2 rings (SSSR count). The van der Waals surface area contributed by atoms with Crippen molar-refractivity contribution >= 4 is 21.4 Å². The molecular weight excluding hydrogens is 294 g/mol. The van der Waals surface area contributed by atoms with Crippen molar-refractivity contribution in [3.8, 4) is 10.4 Å². The number of hydrogen-bond acceptors (Lipinski definition) is 4. The molecule has 0 fully saturated rings. The fourth-order valence-electron chi connectivity index (χ4n) is 1.87. The fourth-order valence-corrected chi connectivity index (χ4v) is 3.06. The highest BCUT2D eigenvalue weighted by Gasteiger charge is 2.13. The number of benzene rings is 1. The molecule has 1 heterocycles. The summed E-state index contributed by atoms with van der Waals surface area (Å²) >= 11 is 1.69. The van der Waals surface area contributed by atoms with Crippen LogP contribution in [0.4, 0.5) is 0 Å². The lowest BCUT2D eigenvalue weighted by Crippen LogP contribution is -2.28. The molecule has 0 radical (unpaired) electrons. The molecule has 0 spiro atoms. The van der Waals surface area contributed by atoms with Crippen LogP contribution in [0.1, 0.15) is 11.7 Å². The van der Waals surface area contributed by atoms with E-state index in [-0.39, 0.29) is 12.6 Å². The molecule has 6 heteroatoms. The molecule has 1 aromatic carbocycles. The van der Waals surface area contributed by atoms with E-state index in [1.807, 2.05) is 35.7 Å². The van der Waals surface area contributed by atoms with Gasteiger partial charge in [-0.1, -0.05) is 30.3 Å². The highest BCUT2D eigenvalue weighted by molar-refractivity contribution is 7.88. The third-order valence-electron chi connectivity index (χ3n) is 2.90. The van der Waals surface area contributed by atoms with Crippen LogP contribution in [0, 0.1) is 0 Å². The van der Waals surface area contributed by atoms with Gasteiger partial charge < -0.3 is 4.74 Å². The Balaban J connectivity index is 2.11. The first-order valence-corrected chi connectivity index (χ1v) is 8.88. The largest absolute Gasteiger partial charge is 0.375 e. The third-order valence-corrected chi connectivity index (χ3v) is 4.51. The molecule has 0 bridgehead atoms. The van der Waals surface area contributed by atoms with Crippen molar-refractivity contribution in [3.05, 3.63) is 47.3 Å². The minimum Gasteiger partial charge on any atom is -0.375 e. The van der Waals surface area contributed by atoms with Crippen molar-refractivity contribution in [1.82, 2.24) is 4.72 Å². The van der Waals surface area contributed by atoms with Crippen LogP contribution in [0.3, 0.4) is 0 Å². The summed E-state index contributed by atoms with van der Waals surface area (Å²) < 4.78 is 30.1. The Kier molecular flexibility index (Phi) is 4.93. The zero-order chi connectivity index (χ0) is 14.6. The summed E-state index contributed by atoms with van der Waals surface area (Å²) in [6.45, 7) is 0.230. The first-order chi connectivity index (χ1) is 9.49. The van der Waals surface area contributed by atoms with Gasteiger partial charge in [-0.3, -0.25) is 0 Å². The molecule has 1 unspecified atom stereocenters. The second kappa shape index (κ2) is 6.49. The molecule has 4 nitrogen and oxygen atoms in total. The van der Waals surface area contributed by atoms with Gasteiger partial charge in [0.15, 0.2) is 0 Å². The summed E-state index contributed by atoms with van der Waals surface area (Å²) in [5.74, 6) is 0. The average molecular weight is 311 g/mol. The Labute approximate surface area is 123 Å². The molecule has 1 atom stereocenters. The Morgan fingerprint density at radius 1 is 1.25 bits per heavy atom. The van der Waals surface area contributed by atoms with Gasteiger partial charge in [0.2, 0.25) is 10.0 Å². The number of sulfonamides is 1. The zero-order valence-corrected chi connectivity index (χ0v) is 13.0. The molecule has 0 aliphatic rings. The summed E-state index contributed by atoms with van der Waals surface area (Å²) in [5.41, 5.74) is 2.10. The predicted molar refractivity (Wildman–Crippen MR) is 82.4 cm³/mol. The molecule has 20 heavy (non-hydrogen) atoms. The number of thiophene rings is 1. The SMILES string of the molecule is COC(CNS(C)(=O)=O)c1ccc(-c2cccs2)cc1. The topological polar surface area (TPSA) is 55.4 Å². The minimum atomic E-state index is -3.21.